The van der Waals surface area contributed by atoms with Crippen LogP contribution in [0, 0.1) is 11.3 Å². The van der Waals surface area contributed by atoms with Crippen LogP contribution >= 0.6 is 0 Å². The zero-order valence-electron chi connectivity index (χ0n) is 15.4. The number of rotatable bonds is 5. The van der Waals surface area contributed by atoms with E-state index in [1.807, 2.05) is 4.90 Å². The van der Waals surface area contributed by atoms with Crippen LogP contribution in [-0.4, -0.2) is 59.8 Å². The smallest absolute Gasteiger partial charge is 0.272 e. The lowest BCUT2D eigenvalue weighted by molar-refractivity contribution is -0.148. The number of piperidine rings is 1. The first-order valence-electron chi connectivity index (χ1n) is 10.0. The van der Waals surface area contributed by atoms with Crippen LogP contribution in [0.3, 0.4) is 0 Å². The Balaban J connectivity index is 1.43. The second-order valence-electron chi connectivity index (χ2n) is 8.10. The molecule has 2 atom stereocenters. The molecule has 3 fully saturated rings. The molecule has 1 saturated carbocycles. The van der Waals surface area contributed by atoms with Gasteiger partial charge in [-0.15, -0.1) is 0 Å². The van der Waals surface area contributed by atoms with Crippen LogP contribution in [0.15, 0.2) is 18.6 Å². The lowest BCUT2D eigenvalue weighted by Gasteiger charge is -2.50. The molecule has 0 unspecified atom stereocenters. The zero-order valence-corrected chi connectivity index (χ0v) is 15.4. The third-order valence-electron chi connectivity index (χ3n) is 6.29. The van der Waals surface area contributed by atoms with Crippen molar-refractivity contribution in [3.05, 3.63) is 24.3 Å². The normalized spacial score (nSPS) is 29.5. The zero-order chi connectivity index (χ0) is 17.8. The Bertz CT molecular complexity index is 606. The first-order valence-corrected chi connectivity index (χ1v) is 10.0. The minimum absolute atomic E-state index is 0.00779. The number of amides is 1. The summed E-state index contributed by atoms with van der Waals surface area (Å²) < 4.78 is 12.3. The van der Waals surface area contributed by atoms with Crippen LogP contribution in [0.4, 0.5) is 0 Å². The molecule has 1 aromatic rings. The van der Waals surface area contributed by atoms with E-state index >= 15 is 0 Å². The maximum absolute atomic E-state index is 12.9. The van der Waals surface area contributed by atoms with Gasteiger partial charge in [0, 0.05) is 37.9 Å². The van der Waals surface area contributed by atoms with Crippen LogP contribution in [0.5, 0.6) is 0 Å². The van der Waals surface area contributed by atoms with E-state index in [9.17, 15) is 4.79 Å². The van der Waals surface area contributed by atoms with Crippen molar-refractivity contribution in [2.45, 2.75) is 51.0 Å². The number of likely N-dealkylation sites (tertiary alicyclic amines) is 1. The maximum Gasteiger partial charge on any atom is 0.272 e. The quantitative estimate of drug-likeness (QED) is 0.809. The molecule has 6 heteroatoms. The van der Waals surface area contributed by atoms with Gasteiger partial charge in [0.25, 0.3) is 5.91 Å². The van der Waals surface area contributed by atoms with Gasteiger partial charge in [-0.3, -0.25) is 4.79 Å². The van der Waals surface area contributed by atoms with Crippen LogP contribution in [0.1, 0.15) is 55.4 Å². The Morgan fingerprint density at radius 3 is 3.00 bits per heavy atom. The molecule has 26 heavy (non-hydrogen) atoms. The summed E-state index contributed by atoms with van der Waals surface area (Å²) in [7, 11) is 0. The average Bonchev–Trinajstić information content (AvgIpc) is 3.21. The second kappa shape index (κ2) is 8.01. The Morgan fingerprint density at radius 1 is 1.31 bits per heavy atom. The number of carbonyl (C=O) groups excluding carboxylic acids is 1. The lowest BCUT2D eigenvalue weighted by Crippen LogP contribution is -2.58. The van der Waals surface area contributed by atoms with Crippen molar-refractivity contribution in [3.8, 4) is 0 Å². The molecule has 0 aromatic carbocycles. The fraction of sp³-hybridized carbons (Fsp3) is 0.750. The molecule has 1 aliphatic carbocycles. The first-order chi connectivity index (χ1) is 12.8. The van der Waals surface area contributed by atoms with Gasteiger partial charge in [0.15, 0.2) is 0 Å². The molecule has 0 radical (unpaired) electrons. The number of hydrogen-bond donors (Lipinski definition) is 0. The summed E-state index contributed by atoms with van der Waals surface area (Å²) in [6.07, 6.45) is 11.5. The van der Waals surface area contributed by atoms with Gasteiger partial charge in [0.1, 0.15) is 12.0 Å². The summed E-state index contributed by atoms with van der Waals surface area (Å²) in [6, 6.07) is 1.69. The van der Waals surface area contributed by atoms with Crippen LogP contribution < -0.4 is 0 Å². The molecule has 0 N–H and O–H groups in total. The summed E-state index contributed by atoms with van der Waals surface area (Å²) in [5.74, 6) is 0.711. The molecule has 1 amide bonds. The number of nitrogens with zero attached hydrogens (tertiary/aromatic N) is 3. The van der Waals surface area contributed by atoms with Gasteiger partial charge < -0.3 is 14.4 Å². The maximum atomic E-state index is 12.9. The Hall–Kier alpha value is -1.53. The SMILES string of the molecule is O=C(c1ccncn1)N1CC[C@H]2OCCC[C@]2(COCC2CCCC2)C1. The predicted octanol–water partition coefficient (Wildman–Crippen LogP) is 2.69. The largest absolute Gasteiger partial charge is 0.380 e. The highest BCUT2D eigenvalue weighted by Crippen LogP contribution is 2.41. The van der Waals surface area contributed by atoms with E-state index in [-0.39, 0.29) is 17.4 Å². The number of aromatic nitrogens is 2. The summed E-state index contributed by atoms with van der Waals surface area (Å²) >= 11 is 0. The molecular formula is C20H29N3O3. The van der Waals surface area contributed by atoms with E-state index in [0.29, 0.717) is 18.8 Å². The van der Waals surface area contributed by atoms with Gasteiger partial charge >= 0.3 is 0 Å². The monoisotopic (exact) mass is 359 g/mol. The third kappa shape index (κ3) is 3.76. The number of ether oxygens (including phenoxy) is 2. The van der Waals surface area contributed by atoms with Gasteiger partial charge in [-0.25, -0.2) is 9.97 Å². The van der Waals surface area contributed by atoms with Crippen molar-refractivity contribution in [3.63, 3.8) is 0 Å². The van der Waals surface area contributed by atoms with E-state index in [4.69, 9.17) is 9.47 Å². The summed E-state index contributed by atoms with van der Waals surface area (Å²) in [5.41, 5.74) is 0.398. The fourth-order valence-corrected chi connectivity index (χ4v) is 4.86. The van der Waals surface area contributed by atoms with E-state index in [2.05, 4.69) is 9.97 Å². The Labute approximate surface area is 155 Å². The van der Waals surface area contributed by atoms with Crippen molar-refractivity contribution in [2.24, 2.45) is 11.3 Å². The molecule has 3 heterocycles. The van der Waals surface area contributed by atoms with E-state index < -0.39 is 0 Å². The number of fused-ring (bicyclic) bond motifs is 1. The molecule has 3 aliphatic rings. The average molecular weight is 359 g/mol. The number of carbonyl (C=O) groups is 1. The summed E-state index contributed by atoms with van der Waals surface area (Å²) in [5, 5.41) is 0. The predicted molar refractivity (Wildman–Crippen MR) is 96.7 cm³/mol. The molecule has 142 valence electrons. The molecule has 0 bridgehead atoms. The summed E-state index contributed by atoms with van der Waals surface area (Å²) in [6.45, 7) is 3.80. The lowest BCUT2D eigenvalue weighted by atomic mass is 9.73. The molecule has 2 saturated heterocycles. The van der Waals surface area contributed by atoms with Gasteiger partial charge in [-0.05, 0) is 44.1 Å². The van der Waals surface area contributed by atoms with Crippen LogP contribution in [0.2, 0.25) is 0 Å². The summed E-state index contributed by atoms with van der Waals surface area (Å²) in [4.78, 5) is 22.8. The Kier molecular flexibility index (Phi) is 5.50. The van der Waals surface area contributed by atoms with Crippen molar-refractivity contribution >= 4 is 5.91 Å². The van der Waals surface area contributed by atoms with Crippen LogP contribution in [0.25, 0.3) is 0 Å². The second-order valence-corrected chi connectivity index (χ2v) is 8.10. The molecule has 2 aliphatic heterocycles. The minimum atomic E-state index is -0.0716. The molecule has 1 aromatic heterocycles. The van der Waals surface area contributed by atoms with E-state index in [1.54, 1.807) is 12.3 Å². The van der Waals surface area contributed by atoms with Crippen molar-refractivity contribution < 1.29 is 14.3 Å². The molecular weight excluding hydrogens is 330 g/mol. The topological polar surface area (TPSA) is 64.6 Å². The van der Waals surface area contributed by atoms with Crippen LogP contribution in [-0.2, 0) is 9.47 Å². The van der Waals surface area contributed by atoms with Crippen molar-refractivity contribution in [1.29, 1.82) is 0 Å². The van der Waals surface area contributed by atoms with Gasteiger partial charge in [-0.2, -0.15) is 0 Å². The van der Waals surface area contributed by atoms with E-state index in [0.717, 1.165) is 44.9 Å². The molecule has 0 spiro atoms. The molecule has 6 nitrogen and oxygen atoms in total. The molecule has 4 rings (SSSR count). The highest BCUT2D eigenvalue weighted by molar-refractivity contribution is 5.92. The van der Waals surface area contributed by atoms with Crippen molar-refractivity contribution in [2.75, 3.05) is 32.9 Å². The van der Waals surface area contributed by atoms with Crippen molar-refractivity contribution in [1.82, 2.24) is 14.9 Å². The standard InChI is InChI=1S/C20H29N3O3/c24-19(17-6-9-21-15-22-17)23-10-7-18-20(13-23,8-3-11-26-18)14-25-12-16-4-1-2-5-16/h6,9,15-16,18H,1-5,7-8,10-14H2/t18-,20-/m1/s1. The third-order valence-corrected chi connectivity index (χ3v) is 6.29. The minimum Gasteiger partial charge on any atom is -0.380 e. The first kappa shape index (κ1) is 17.9. The highest BCUT2D eigenvalue weighted by atomic mass is 16.5. The van der Waals surface area contributed by atoms with Gasteiger partial charge in [0.05, 0.1) is 12.7 Å². The van der Waals surface area contributed by atoms with E-state index in [1.165, 1.54) is 32.0 Å². The van der Waals surface area contributed by atoms with Gasteiger partial charge in [-0.1, -0.05) is 12.8 Å². The Morgan fingerprint density at radius 2 is 2.19 bits per heavy atom. The fourth-order valence-electron chi connectivity index (χ4n) is 4.86. The number of hydrogen-bond acceptors (Lipinski definition) is 5. The van der Waals surface area contributed by atoms with Gasteiger partial charge in [0.2, 0.25) is 0 Å². The highest BCUT2D eigenvalue weighted by Gasteiger charge is 2.47.